The van der Waals surface area contributed by atoms with Crippen LogP contribution in [0.3, 0.4) is 0 Å². The van der Waals surface area contributed by atoms with Crippen molar-refractivity contribution < 1.29 is 9.59 Å². The standard InChI is InChI=1S/C23H16ClN3O2S/c24-18-13-7-12-17(14-18)21(29)27-23-25-19(15-8-3-1-4-9-15)22(30-23)26-20(28)16-10-5-2-6-11-16/h1-14H,(H,26,28)(H,25,27,29). The summed E-state index contributed by atoms with van der Waals surface area (Å²) < 4.78 is 0. The van der Waals surface area contributed by atoms with Crippen LogP contribution in [0.15, 0.2) is 84.9 Å². The Balaban J connectivity index is 1.64. The number of halogens is 1. The number of benzene rings is 3. The molecule has 0 aliphatic rings. The molecule has 0 bridgehead atoms. The maximum absolute atomic E-state index is 12.7. The van der Waals surface area contributed by atoms with Gasteiger partial charge in [-0.15, -0.1) is 0 Å². The van der Waals surface area contributed by atoms with Crippen LogP contribution in [0.25, 0.3) is 11.3 Å². The van der Waals surface area contributed by atoms with E-state index in [0.29, 0.717) is 32.0 Å². The third-order valence-electron chi connectivity index (χ3n) is 4.24. The van der Waals surface area contributed by atoms with E-state index in [4.69, 9.17) is 11.6 Å². The van der Waals surface area contributed by atoms with Crippen LogP contribution in [0.2, 0.25) is 5.02 Å². The topological polar surface area (TPSA) is 71.1 Å². The molecule has 0 radical (unpaired) electrons. The number of aromatic nitrogens is 1. The molecule has 7 heteroatoms. The number of thiazole rings is 1. The highest BCUT2D eigenvalue weighted by molar-refractivity contribution is 7.20. The van der Waals surface area contributed by atoms with Crippen molar-refractivity contribution in [3.63, 3.8) is 0 Å². The Labute approximate surface area is 182 Å². The first-order valence-electron chi connectivity index (χ1n) is 9.10. The van der Waals surface area contributed by atoms with Crippen molar-refractivity contribution in [1.29, 1.82) is 0 Å². The molecule has 1 heterocycles. The molecular weight excluding hydrogens is 418 g/mol. The molecule has 3 aromatic carbocycles. The van der Waals surface area contributed by atoms with Gasteiger partial charge in [0, 0.05) is 21.7 Å². The van der Waals surface area contributed by atoms with Crippen LogP contribution in [0.4, 0.5) is 10.1 Å². The van der Waals surface area contributed by atoms with E-state index in [1.165, 1.54) is 11.3 Å². The van der Waals surface area contributed by atoms with Gasteiger partial charge in [0.15, 0.2) is 5.13 Å². The number of hydrogen-bond donors (Lipinski definition) is 2. The van der Waals surface area contributed by atoms with Gasteiger partial charge in [-0.25, -0.2) is 4.98 Å². The van der Waals surface area contributed by atoms with Gasteiger partial charge in [-0.1, -0.05) is 77.5 Å². The highest BCUT2D eigenvalue weighted by Gasteiger charge is 2.18. The van der Waals surface area contributed by atoms with Gasteiger partial charge in [0.25, 0.3) is 11.8 Å². The summed E-state index contributed by atoms with van der Waals surface area (Å²) in [6.45, 7) is 0. The average Bonchev–Trinajstić information content (AvgIpc) is 3.17. The fourth-order valence-electron chi connectivity index (χ4n) is 2.81. The van der Waals surface area contributed by atoms with Crippen molar-refractivity contribution >= 4 is 44.9 Å². The first-order chi connectivity index (χ1) is 14.6. The van der Waals surface area contributed by atoms with Crippen LogP contribution in [0.5, 0.6) is 0 Å². The lowest BCUT2D eigenvalue weighted by Gasteiger charge is -2.05. The highest BCUT2D eigenvalue weighted by Crippen LogP contribution is 2.36. The molecule has 0 atom stereocenters. The fraction of sp³-hybridized carbons (Fsp3) is 0. The molecule has 5 nitrogen and oxygen atoms in total. The Morgan fingerprint density at radius 2 is 1.40 bits per heavy atom. The Hall–Kier alpha value is -3.48. The molecule has 0 unspecified atom stereocenters. The van der Waals surface area contributed by atoms with E-state index < -0.39 is 0 Å². The fourth-order valence-corrected chi connectivity index (χ4v) is 3.88. The first-order valence-corrected chi connectivity index (χ1v) is 10.3. The molecule has 148 valence electrons. The lowest BCUT2D eigenvalue weighted by atomic mass is 10.1. The van der Waals surface area contributed by atoms with Crippen LogP contribution in [0, 0.1) is 0 Å². The second kappa shape index (κ2) is 8.90. The van der Waals surface area contributed by atoms with Gasteiger partial charge in [0.05, 0.1) is 0 Å². The van der Waals surface area contributed by atoms with Gasteiger partial charge in [-0.3, -0.25) is 14.9 Å². The predicted octanol–water partition coefficient (Wildman–Crippen LogP) is 5.97. The summed E-state index contributed by atoms with van der Waals surface area (Å²) in [5, 5.41) is 7.10. The molecule has 0 spiro atoms. The molecule has 2 amide bonds. The van der Waals surface area contributed by atoms with Gasteiger partial charge < -0.3 is 5.32 Å². The van der Waals surface area contributed by atoms with Gasteiger partial charge in [0.2, 0.25) is 0 Å². The molecule has 30 heavy (non-hydrogen) atoms. The quantitative estimate of drug-likeness (QED) is 0.407. The SMILES string of the molecule is O=C(Nc1nc(-c2ccccc2)c(NC(=O)c2ccccc2)s1)c1cccc(Cl)c1. The van der Waals surface area contributed by atoms with E-state index in [2.05, 4.69) is 15.6 Å². The van der Waals surface area contributed by atoms with Gasteiger partial charge >= 0.3 is 0 Å². The Kier molecular flexibility index (Phi) is 5.88. The zero-order chi connectivity index (χ0) is 20.9. The molecule has 4 rings (SSSR count). The van der Waals surface area contributed by atoms with Crippen LogP contribution in [0.1, 0.15) is 20.7 Å². The summed E-state index contributed by atoms with van der Waals surface area (Å²) in [5.41, 5.74) is 2.38. The summed E-state index contributed by atoms with van der Waals surface area (Å²) in [4.78, 5) is 29.8. The van der Waals surface area contributed by atoms with E-state index in [1.54, 1.807) is 48.5 Å². The molecular formula is C23H16ClN3O2S. The number of anilines is 2. The van der Waals surface area contributed by atoms with Crippen LogP contribution in [-0.2, 0) is 0 Å². The van der Waals surface area contributed by atoms with Crippen LogP contribution < -0.4 is 10.6 Å². The average molecular weight is 434 g/mol. The molecule has 0 saturated heterocycles. The summed E-state index contributed by atoms with van der Waals surface area (Å²) in [6, 6.07) is 25.1. The van der Waals surface area contributed by atoms with Crippen LogP contribution in [-0.4, -0.2) is 16.8 Å². The van der Waals surface area contributed by atoms with E-state index in [0.717, 1.165) is 5.56 Å². The molecule has 4 aromatic rings. The van der Waals surface area contributed by atoms with E-state index >= 15 is 0 Å². The maximum atomic E-state index is 12.7. The number of carbonyl (C=O) groups is 2. The minimum Gasteiger partial charge on any atom is -0.312 e. The highest BCUT2D eigenvalue weighted by atomic mass is 35.5. The third kappa shape index (κ3) is 4.56. The minimum absolute atomic E-state index is 0.246. The van der Waals surface area contributed by atoms with Gasteiger partial charge in [-0.05, 0) is 30.3 Å². The number of nitrogens with one attached hydrogen (secondary N) is 2. The van der Waals surface area contributed by atoms with Crippen molar-refractivity contribution in [2.24, 2.45) is 0 Å². The lowest BCUT2D eigenvalue weighted by molar-refractivity contribution is 0.101. The molecule has 1 aromatic heterocycles. The third-order valence-corrected chi connectivity index (χ3v) is 5.37. The molecule has 0 fully saturated rings. The summed E-state index contributed by atoms with van der Waals surface area (Å²) in [5.74, 6) is -0.573. The van der Waals surface area contributed by atoms with Crippen molar-refractivity contribution in [3.8, 4) is 11.3 Å². The summed E-state index contributed by atoms with van der Waals surface area (Å²) in [6.07, 6.45) is 0. The molecule has 2 N–H and O–H groups in total. The number of carbonyl (C=O) groups excluding carboxylic acids is 2. The van der Waals surface area contributed by atoms with Crippen molar-refractivity contribution in [3.05, 3.63) is 101 Å². The number of nitrogens with zero attached hydrogens (tertiary/aromatic N) is 1. The normalized spacial score (nSPS) is 10.4. The zero-order valence-corrected chi connectivity index (χ0v) is 17.2. The number of rotatable bonds is 5. The first kappa shape index (κ1) is 19.8. The monoisotopic (exact) mass is 433 g/mol. The summed E-state index contributed by atoms with van der Waals surface area (Å²) >= 11 is 7.17. The molecule has 0 aliphatic heterocycles. The smallest absolute Gasteiger partial charge is 0.257 e. The van der Waals surface area contributed by atoms with Crippen LogP contribution >= 0.6 is 22.9 Å². The van der Waals surface area contributed by atoms with Crippen molar-refractivity contribution in [2.75, 3.05) is 10.6 Å². The lowest BCUT2D eigenvalue weighted by Crippen LogP contribution is -2.11. The minimum atomic E-state index is -0.327. The Morgan fingerprint density at radius 1 is 0.767 bits per heavy atom. The Morgan fingerprint density at radius 3 is 2.10 bits per heavy atom. The van der Waals surface area contributed by atoms with Crippen molar-refractivity contribution in [2.45, 2.75) is 0 Å². The Bertz CT molecular complexity index is 1190. The second-order valence-corrected chi connectivity index (χ2v) is 7.78. The van der Waals surface area contributed by atoms with Gasteiger partial charge in [0.1, 0.15) is 10.7 Å². The number of hydrogen-bond acceptors (Lipinski definition) is 4. The largest absolute Gasteiger partial charge is 0.312 e. The predicted molar refractivity (Wildman–Crippen MR) is 121 cm³/mol. The van der Waals surface area contributed by atoms with Gasteiger partial charge in [-0.2, -0.15) is 0 Å². The maximum Gasteiger partial charge on any atom is 0.257 e. The van der Waals surface area contributed by atoms with E-state index in [-0.39, 0.29) is 11.8 Å². The number of amides is 2. The zero-order valence-electron chi connectivity index (χ0n) is 15.6. The summed E-state index contributed by atoms with van der Waals surface area (Å²) in [7, 11) is 0. The van der Waals surface area contributed by atoms with Crippen molar-refractivity contribution in [1.82, 2.24) is 4.98 Å². The molecule has 0 aliphatic carbocycles. The molecule has 0 saturated carbocycles. The van der Waals surface area contributed by atoms with E-state index in [9.17, 15) is 9.59 Å². The van der Waals surface area contributed by atoms with E-state index in [1.807, 2.05) is 36.4 Å². The second-order valence-electron chi connectivity index (χ2n) is 6.35.